The van der Waals surface area contributed by atoms with Gasteiger partial charge in [0.2, 0.25) is 11.7 Å². The molecule has 2 aromatic heterocycles. The van der Waals surface area contributed by atoms with E-state index in [4.69, 9.17) is 14.0 Å². The molecule has 1 amide bonds. The number of methoxy groups -OCH3 is 2. The van der Waals surface area contributed by atoms with Gasteiger partial charge in [-0.1, -0.05) is 11.2 Å². The van der Waals surface area contributed by atoms with Crippen molar-refractivity contribution in [1.82, 2.24) is 20.0 Å². The second-order valence-corrected chi connectivity index (χ2v) is 6.04. The number of hydrogen-bond donors (Lipinski definition) is 0. The highest BCUT2D eigenvalue weighted by atomic mass is 16.5. The van der Waals surface area contributed by atoms with Crippen molar-refractivity contribution >= 4 is 5.91 Å². The Hall–Kier alpha value is -3.42. The third-order valence-corrected chi connectivity index (χ3v) is 4.57. The first-order valence-electron chi connectivity index (χ1n) is 8.49. The first kappa shape index (κ1) is 17.0. The van der Waals surface area contributed by atoms with E-state index in [2.05, 4.69) is 15.1 Å². The van der Waals surface area contributed by atoms with Gasteiger partial charge in [0.15, 0.2) is 0 Å². The van der Waals surface area contributed by atoms with Crippen LogP contribution in [0.4, 0.5) is 0 Å². The largest absolute Gasteiger partial charge is 0.496 e. The van der Waals surface area contributed by atoms with Crippen molar-refractivity contribution in [2.24, 2.45) is 0 Å². The molecule has 8 nitrogen and oxygen atoms in total. The Balaban J connectivity index is 1.60. The highest BCUT2D eigenvalue weighted by Gasteiger charge is 2.39. The van der Waals surface area contributed by atoms with Gasteiger partial charge < -0.3 is 18.9 Å². The van der Waals surface area contributed by atoms with Crippen LogP contribution in [0.5, 0.6) is 11.5 Å². The van der Waals surface area contributed by atoms with Gasteiger partial charge in [0, 0.05) is 24.5 Å². The molecule has 0 aliphatic carbocycles. The van der Waals surface area contributed by atoms with E-state index in [1.807, 2.05) is 6.07 Å². The maximum atomic E-state index is 13.1. The summed E-state index contributed by atoms with van der Waals surface area (Å²) < 4.78 is 16.1. The average Bonchev–Trinajstić information content (AvgIpc) is 3.16. The summed E-state index contributed by atoms with van der Waals surface area (Å²) >= 11 is 0. The third-order valence-electron chi connectivity index (χ3n) is 4.57. The SMILES string of the molecule is COc1cccc(OC)c1C(=O)N1CCC1c1nc(-c2cccnc2)no1. The Bertz CT molecular complexity index is 935. The van der Waals surface area contributed by atoms with E-state index in [1.165, 1.54) is 14.2 Å². The lowest BCUT2D eigenvalue weighted by Crippen LogP contribution is -2.45. The summed E-state index contributed by atoms with van der Waals surface area (Å²) in [5, 5.41) is 4.01. The minimum Gasteiger partial charge on any atom is -0.496 e. The van der Waals surface area contributed by atoms with Crippen molar-refractivity contribution in [3.8, 4) is 22.9 Å². The van der Waals surface area contributed by atoms with E-state index in [0.29, 0.717) is 35.3 Å². The number of benzene rings is 1. The summed E-state index contributed by atoms with van der Waals surface area (Å²) in [7, 11) is 3.05. The van der Waals surface area contributed by atoms with Crippen molar-refractivity contribution in [2.45, 2.75) is 12.5 Å². The number of aromatic nitrogens is 3. The van der Waals surface area contributed by atoms with Crippen LogP contribution in [-0.2, 0) is 0 Å². The molecule has 1 aromatic carbocycles. The number of ether oxygens (including phenoxy) is 2. The Morgan fingerprint density at radius 1 is 1.19 bits per heavy atom. The van der Waals surface area contributed by atoms with Gasteiger partial charge in [0.25, 0.3) is 5.91 Å². The average molecular weight is 366 g/mol. The maximum absolute atomic E-state index is 13.1. The van der Waals surface area contributed by atoms with Gasteiger partial charge in [-0.05, 0) is 30.7 Å². The number of pyridine rings is 1. The van der Waals surface area contributed by atoms with Crippen LogP contribution < -0.4 is 9.47 Å². The molecule has 138 valence electrons. The zero-order valence-electron chi connectivity index (χ0n) is 15.0. The Morgan fingerprint density at radius 3 is 2.56 bits per heavy atom. The maximum Gasteiger partial charge on any atom is 0.262 e. The molecule has 0 saturated carbocycles. The number of carbonyl (C=O) groups is 1. The normalized spacial score (nSPS) is 15.9. The molecule has 0 N–H and O–H groups in total. The van der Waals surface area contributed by atoms with Gasteiger partial charge in [-0.2, -0.15) is 4.98 Å². The lowest BCUT2D eigenvalue weighted by Gasteiger charge is -2.38. The fourth-order valence-corrected chi connectivity index (χ4v) is 3.08. The molecule has 3 heterocycles. The Morgan fingerprint density at radius 2 is 1.96 bits per heavy atom. The van der Waals surface area contributed by atoms with Crippen LogP contribution in [0.2, 0.25) is 0 Å². The molecular weight excluding hydrogens is 348 g/mol. The third kappa shape index (κ3) is 2.99. The molecule has 0 spiro atoms. The van der Waals surface area contributed by atoms with Gasteiger partial charge >= 0.3 is 0 Å². The summed E-state index contributed by atoms with van der Waals surface area (Å²) in [5.41, 5.74) is 1.15. The van der Waals surface area contributed by atoms with Crippen LogP contribution in [0.15, 0.2) is 47.2 Å². The van der Waals surface area contributed by atoms with E-state index in [1.54, 1.807) is 41.6 Å². The molecule has 1 saturated heterocycles. The zero-order chi connectivity index (χ0) is 18.8. The molecular formula is C19H18N4O4. The monoisotopic (exact) mass is 366 g/mol. The van der Waals surface area contributed by atoms with Crippen LogP contribution in [-0.4, -0.2) is 46.7 Å². The molecule has 1 fully saturated rings. The number of rotatable bonds is 5. The topological polar surface area (TPSA) is 90.6 Å². The van der Waals surface area contributed by atoms with Gasteiger partial charge in [0.1, 0.15) is 23.1 Å². The number of amides is 1. The highest BCUT2D eigenvalue weighted by Crippen LogP contribution is 2.38. The van der Waals surface area contributed by atoms with Gasteiger partial charge in [-0.15, -0.1) is 0 Å². The lowest BCUT2D eigenvalue weighted by atomic mass is 10.00. The minimum atomic E-state index is -0.273. The summed E-state index contributed by atoms with van der Waals surface area (Å²) in [5.74, 6) is 1.59. The van der Waals surface area contributed by atoms with Crippen molar-refractivity contribution in [2.75, 3.05) is 20.8 Å². The molecule has 4 rings (SSSR count). The Kier molecular flexibility index (Phi) is 4.45. The predicted octanol–water partition coefficient (Wildman–Crippen LogP) is 2.74. The van der Waals surface area contributed by atoms with Crippen LogP contribution >= 0.6 is 0 Å². The van der Waals surface area contributed by atoms with E-state index in [9.17, 15) is 4.79 Å². The Labute approximate surface area is 155 Å². The van der Waals surface area contributed by atoms with Crippen molar-refractivity contribution in [3.05, 3.63) is 54.2 Å². The number of nitrogens with zero attached hydrogens (tertiary/aromatic N) is 4. The molecule has 1 unspecified atom stereocenters. The van der Waals surface area contributed by atoms with Gasteiger partial charge in [-0.25, -0.2) is 0 Å². The second kappa shape index (κ2) is 7.06. The molecule has 8 heteroatoms. The quantitative estimate of drug-likeness (QED) is 0.686. The molecule has 27 heavy (non-hydrogen) atoms. The van der Waals surface area contributed by atoms with Crippen LogP contribution in [0.3, 0.4) is 0 Å². The van der Waals surface area contributed by atoms with Crippen molar-refractivity contribution in [1.29, 1.82) is 0 Å². The van der Waals surface area contributed by atoms with Crippen LogP contribution in [0.25, 0.3) is 11.4 Å². The van der Waals surface area contributed by atoms with E-state index < -0.39 is 0 Å². The van der Waals surface area contributed by atoms with Crippen molar-refractivity contribution in [3.63, 3.8) is 0 Å². The van der Waals surface area contributed by atoms with Crippen molar-refractivity contribution < 1.29 is 18.8 Å². The van der Waals surface area contributed by atoms with Gasteiger partial charge in [0.05, 0.1) is 14.2 Å². The number of hydrogen-bond acceptors (Lipinski definition) is 7. The summed E-state index contributed by atoms with van der Waals surface area (Å²) in [6, 6.07) is 8.63. The lowest BCUT2D eigenvalue weighted by molar-refractivity contribution is 0.0372. The van der Waals surface area contributed by atoms with E-state index >= 15 is 0 Å². The van der Waals surface area contributed by atoms with E-state index in [0.717, 1.165) is 12.0 Å². The first-order valence-corrected chi connectivity index (χ1v) is 8.49. The van der Waals surface area contributed by atoms with Crippen LogP contribution in [0, 0.1) is 0 Å². The molecule has 3 aromatic rings. The smallest absolute Gasteiger partial charge is 0.262 e. The first-order chi connectivity index (χ1) is 13.2. The summed E-state index contributed by atoms with van der Waals surface area (Å²) in [4.78, 5) is 23.3. The highest BCUT2D eigenvalue weighted by molar-refractivity contribution is 6.00. The predicted molar refractivity (Wildman–Crippen MR) is 95.5 cm³/mol. The zero-order valence-corrected chi connectivity index (χ0v) is 15.0. The van der Waals surface area contributed by atoms with Crippen LogP contribution in [0.1, 0.15) is 28.7 Å². The molecule has 0 radical (unpaired) electrons. The number of carbonyl (C=O) groups excluding carboxylic acids is 1. The molecule has 1 aliphatic rings. The number of likely N-dealkylation sites (tertiary alicyclic amines) is 1. The van der Waals surface area contributed by atoms with Gasteiger partial charge in [-0.3, -0.25) is 9.78 Å². The fourth-order valence-electron chi connectivity index (χ4n) is 3.08. The minimum absolute atomic E-state index is 0.193. The standard InChI is InChI=1S/C19H18N4O4/c1-25-14-6-3-7-15(26-2)16(14)19(24)23-10-8-13(23)18-21-17(22-27-18)12-5-4-9-20-11-12/h3-7,9,11,13H,8,10H2,1-2H3. The summed E-state index contributed by atoms with van der Waals surface area (Å²) in [6.07, 6.45) is 4.09. The second-order valence-electron chi connectivity index (χ2n) is 6.04. The summed E-state index contributed by atoms with van der Waals surface area (Å²) in [6.45, 7) is 0.593. The fraction of sp³-hybridized carbons (Fsp3) is 0.263. The molecule has 1 atom stereocenters. The molecule has 1 aliphatic heterocycles. The molecule has 0 bridgehead atoms. The van der Waals surface area contributed by atoms with E-state index in [-0.39, 0.29) is 11.9 Å².